The van der Waals surface area contributed by atoms with Gasteiger partial charge in [-0.2, -0.15) is 0 Å². The van der Waals surface area contributed by atoms with E-state index in [1.54, 1.807) is 36.7 Å². The van der Waals surface area contributed by atoms with E-state index in [1.165, 1.54) is 17.4 Å². The fraction of sp³-hybridized carbons (Fsp3) is 0.182. The third-order valence-corrected chi connectivity index (χ3v) is 4.50. The summed E-state index contributed by atoms with van der Waals surface area (Å²) in [7, 11) is -3.60. The Morgan fingerprint density at radius 2 is 2.22 bits per heavy atom. The molecule has 0 amide bonds. The average Bonchev–Trinajstić information content (AvgIpc) is 2.81. The van der Waals surface area contributed by atoms with Crippen LogP contribution in [0.2, 0.25) is 0 Å². The molecule has 1 aromatic heterocycles. The van der Waals surface area contributed by atoms with Crippen molar-refractivity contribution in [2.24, 2.45) is 5.73 Å². The molecule has 7 heteroatoms. The van der Waals surface area contributed by atoms with Crippen LogP contribution in [0.5, 0.6) is 0 Å². The predicted octanol–water partition coefficient (Wildman–Crippen LogP) is 1.96. The van der Waals surface area contributed by atoms with Gasteiger partial charge >= 0.3 is 0 Å². The van der Waals surface area contributed by atoms with E-state index in [-0.39, 0.29) is 10.9 Å². The van der Waals surface area contributed by atoms with Gasteiger partial charge in [-0.3, -0.25) is 4.72 Å². The molecule has 0 spiro atoms. The van der Waals surface area contributed by atoms with Crippen LogP contribution in [0.4, 0.5) is 5.13 Å². The minimum absolute atomic E-state index is 0.188. The van der Waals surface area contributed by atoms with E-state index in [2.05, 4.69) is 9.71 Å². The van der Waals surface area contributed by atoms with Crippen LogP contribution in [0, 0.1) is 0 Å². The first-order valence-corrected chi connectivity index (χ1v) is 7.63. The van der Waals surface area contributed by atoms with Crippen molar-refractivity contribution in [1.29, 1.82) is 0 Å². The Bertz CT molecular complexity index is 621. The number of nitrogens with one attached hydrogen (secondary N) is 1. The Morgan fingerprint density at radius 3 is 2.83 bits per heavy atom. The largest absolute Gasteiger partial charge is 0.324 e. The highest BCUT2D eigenvalue weighted by Gasteiger charge is 2.16. The maximum atomic E-state index is 12.1. The Balaban J connectivity index is 2.32. The van der Waals surface area contributed by atoms with Crippen LogP contribution >= 0.6 is 11.3 Å². The van der Waals surface area contributed by atoms with E-state index >= 15 is 0 Å². The lowest BCUT2D eigenvalue weighted by atomic mass is 10.1. The summed E-state index contributed by atoms with van der Waals surface area (Å²) in [5.74, 6) is 0. The molecule has 3 N–H and O–H groups in total. The topological polar surface area (TPSA) is 85.1 Å². The van der Waals surface area contributed by atoms with Gasteiger partial charge in [0.1, 0.15) is 0 Å². The molecular weight excluding hydrogens is 270 g/mol. The van der Waals surface area contributed by atoms with Crippen LogP contribution in [0.3, 0.4) is 0 Å². The zero-order valence-corrected chi connectivity index (χ0v) is 11.3. The quantitative estimate of drug-likeness (QED) is 0.898. The third kappa shape index (κ3) is 2.87. The predicted molar refractivity (Wildman–Crippen MR) is 72.0 cm³/mol. The number of nitrogens with zero attached hydrogens (tertiary/aromatic N) is 1. The second-order valence-corrected chi connectivity index (χ2v) is 6.38. The number of nitrogens with two attached hydrogens (primary N) is 1. The SMILES string of the molecule is CC(N)c1cccc(S(=O)(=O)Nc2nccs2)c1. The first-order chi connectivity index (χ1) is 8.49. The van der Waals surface area contributed by atoms with Crippen molar-refractivity contribution in [2.75, 3.05) is 4.72 Å². The lowest BCUT2D eigenvalue weighted by molar-refractivity contribution is 0.601. The maximum absolute atomic E-state index is 12.1. The molecule has 0 saturated heterocycles. The summed E-state index contributed by atoms with van der Waals surface area (Å²) in [6.07, 6.45) is 1.54. The molecule has 1 atom stereocenters. The number of thiazole rings is 1. The smallest absolute Gasteiger partial charge is 0.263 e. The molecule has 2 rings (SSSR count). The van der Waals surface area contributed by atoms with Crippen LogP contribution < -0.4 is 10.5 Å². The molecule has 0 aliphatic heterocycles. The summed E-state index contributed by atoms with van der Waals surface area (Å²) in [6.45, 7) is 1.81. The Kier molecular flexibility index (Phi) is 3.65. The highest BCUT2D eigenvalue weighted by Crippen LogP contribution is 2.20. The standard InChI is InChI=1S/C11H13N3O2S2/c1-8(12)9-3-2-4-10(7-9)18(15,16)14-11-13-5-6-17-11/h2-8H,12H2,1H3,(H,13,14). The van der Waals surface area contributed by atoms with Crippen LogP contribution in [-0.4, -0.2) is 13.4 Å². The molecule has 5 nitrogen and oxygen atoms in total. The maximum Gasteiger partial charge on any atom is 0.263 e. The molecular formula is C11H13N3O2S2. The average molecular weight is 283 g/mol. The monoisotopic (exact) mass is 283 g/mol. The number of hydrogen-bond acceptors (Lipinski definition) is 5. The van der Waals surface area contributed by atoms with E-state index in [0.717, 1.165) is 5.56 Å². The Morgan fingerprint density at radius 1 is 1.44 bits per heavy atom. The van der Waals surface area contributed by atoms with Gasteiger partial charge in [0.2, 0.25) is 0 Å². The molecule has 96 valence electrons. The van der Waals surface area contributed by atoms with E-state index in [9.17, 15) is 8.42 Å². The van der Waals surface area contributed by atoms with E-state index in [0.29, 0.717) is 5.13 Å². The molecule has 2 aromatic rings. The van der Waals surface area contributed by atoms with Crippen molar-refractivity contribution in [1.82, 2.24) is 4.98 Å². The van der Waals surface area contributed by atoms with Crippen molar-refractivity contribution in [3.8, 4) is 0 Å². The van der Waals surface area contributed by atoms with Gasteiger partial charge in [-0.25, -0.2) is 13.4 Å². The Labute approximate surface area is 110 Å². The Hall–Kier alpha value is -1.44. The molecule has 0 bridgehead atoms. The van der Waals surface area contributed by atoms with Gasteiger partial charge in [-0.1, -0.05) is 12.1 Å². The zero-order valence-electron chi connectivity index (χ0n) is 9.70. The van der Waals surface area contributed by atoms with Gasteiger partial charge in [-0.05, 0) is 24.6 Å². The lowest BCUT2D eigenvalue weighted by Crippen LogP contribution is -2.14. The molecule has 1 aromatic carbocycles. The molecule has 0 fully saturated rings. The fourth-order valence-corrected chi connectivity index (χ4v) is 3.26. The normalized spacial score (nSPS) is 13.2. The third-order valence-electron chi connectivity index (χ3n) is 2.35. The van der Waals surface area contributed by atoms with Crippen LogP contribution in [0.15, 0.2) is 40.7 Å². The summed E-state index contributed by atoms with van der Waals surface area (Å²) in [4.78, 5) is 4.08. The zero-order chi connectivity index (χ0) is 13.2. The number of rotatable bonds is 4. The van der Waals surface area contributed by atoms with Crippen molar-refractivity contribution in [3.63, 3.8) is 0 Å². The molecule has 0 saturated carbocycles. The van der Waals surface area contributed by atoms with Crippen molar-refractivity contribution in [2.45, 2.75) is 17.9 Å². The molecule has 1 heterocycles. The first kappa shape index (κ1) is 13.0. The van der Waals surface area contributed by atoms with Crippen LogP contribution in [0.1, 0.15) is 18.5 Å². The summed E-state index contributed by atoms with van der Waals surface area (Å²) >= 11 is 1.23. The second kappa shape index (κ2) is 5.05. The summed E-state index contributed by atoms with van der Waals surface area (Å²) in [5, 5.41) is 2.05. The number of aromatic nitrogens is 1. The minimum Gasteiger partial charge on any atom is -0.324 e. The van der Waals surface area contributed by atoms with Crippen LogP contribution in [0.25, 0.3) is 0 Å². The number of benzene rings is 1. The van der Waals surface area contributed by atoms with Crippen molar-refractivity contribution in [3.05, 3.63) is 41.4 Å². The lowest BCUT2D eigenvalue weighted by Gasteiger charge is -2.09. The van der Waals surface area contributed by atoms with Gasteiger partial charge in [0.05, 0.1) is 4.90 Å². The molecule has 0 radical (unpaired) electrons. The van der Waals surface area contributed by atoms with Gasteiger partial charge in [0, 0.05) is 17.6 Å². The summed E-state index contributed by atoms with van der Waals surface area (Å²) in [6, 6.07) is 6.37. The van der Waals surface area contributed by atoms with Gasteiger partial charge < -0.3 is 5.73 Å². The second-order valence-electron chi connectivity index (χ2n) is 3.80. The van der Waals surface area contributed by atoms with E-state index < -0.39 is 10.0 Å². The highest BCUT2D eigenvalue weighted by atomic mass is 32.2. The van der Waals surface area contributed by atoms with Gasteiger partial charge in [0.15, 0.2) is 5.13 Å². The van der Waals surface area contributed by atoms with Gasteiger partial charge in [-0.15, -0.1) is 11.3 Å². The number of hydrogen-bond donors (Lipinski definition) is 2. The first-order valence-electron chi connectivity index (χ1n) is 5.27. The molecule has 1 unspecified atom stereocenters. The molecule has 18 heavy (non-hydrogen) atoms. The van der Waals surface area contributed by atoms with E-state index in [1.807, 2.05) is 0 Å². The minimum atomic E-state index is -3.60. The molecule has 0 aliphatic rings. The van der Waals surface area contributed by atoms with Gasteiger partial charge in [0.25, 0.3) is 10.0 Å². The summed E-state index contributed by atoms with van der Waals surface area (Å²) < 4.78 is 26.6. The number of sulfonamides is 1. The van der Waals surface area contributed by atoms with Crippen LogP contribution in [-0.2, 0) is 10.0 Å². The van der Waals surface area contributed by atoms with Crippen molar-refractivity contribution >= 4 is 26.5 Å². The van der Waals surface area contributed by atoms with E-state index in [4.69, 9.17) is 5.73 Å². The molecule has 0 aliphatic carbocycles. The fourth-order valence-electron chi connectivity index (χ4n) is 1.41. The van der Waals surface area contributed by atoms with Crippen molar-refractivity contribution < 1.29 is 8.42 Å². The number of anilines is 1. The summed E-state index contributed by atoms with van der Waals surface area (Å²) in [5.41, 5.74) is 6.51. The highest BCUT2D eigenvalue weighted by molar-refractivity contribution is 7.93.